The van der Waals surface area contributed by atoms with Gasteiger partial charge in [-0.1, -0.05) is 0 Å². The average molecular weight is 290 g/mol. The molecule has 20 heavy (non-hydrogen) atoms. The molecule has 8 nitrogen and oxygen atoms in total. The Bertz CT molecular complexity index is 731. The molecule has 3 aromatic rings. The first-order chi connectivity index (χ1) is 9.63. The van der Waals surface area contributed by atoms with Gasteiger partial charge >= 0.3 is 0 Å². The summed E-state index contributed by atoms with van der Waals surface area (Å²) in [5.74, 6) is 2.35. The van der Waals surface area contributed by atoms with E-state index in [1.54, 1.807) is 4.52 Å². The standard InChI is InChI=1S/C11H14N8S/c1-7-13-11(20-17-7)12-6-10-15-14-8-4-5-9(18(2)3)16-19(8)10/h4-5H,6H2,1-3H3,(H,12,13,17). The van der Waals surface area contributed by atoms with Crippen LogP contribution in [0, 0.1) is 6.92 Å². The van der Waals surface area contributed by atoms with E-state index in [-0.39, 0.29) is 0 Å². The number of aromatic nitrogens is 6. The zero-order valence-electron chi connectivity index (χ0n) is 11.4. The predicted octanol–water partition coefficient (Wildman–Crippen LogP) is 0.962. The smallest absolute Gasteiger partial charge is 0.202 e. The molecule has 0 aliphatic heterocycles. The van der Waals surface area contributed by atoms with Crippen molar-refractivity contribution in [2.24, 2.45) is 0 Å². The second-order valence-electron chi connectivity index (χ2n) is 4.47. The van der Waals surface area contributed by atoms with Crippen molar-refractivity contribution in [1.29, 1.82) is 0 Å². The van der Waals surface area contributed by atoms with Crippen LogP contribution in [-0.4, -0.2) is 43.3 Å². The third kappa shape index (κ3) is 2.39. The molecule has 0 amide bonds. The first-order valence-corrected chi connectivity index (χ1v) is 6.83. The predicted molar refractivity (Wildman–Crippen MR) is 77.1 cm³/mol. The number of anilines is 2. The second-order valence-corrected chi connectivity index (χ2v) is 5.22. The highest BCUT2D eigenvalue weighted by atomic mass is 32.1. The maximum atomic E-state index is 4.50. The van der Waals surface area contributed by atoms with Crippen LogP contribution >= 0.6 is 11.5 Å². The Morgan fingerprint density at radius 2 is 2.15 bits per heavy atom. The largest absolute Gasteiger partial charge is 0.361 e. The van der Waals surface area contributed by atoms with E-state index in [0.717, 1.165) is 28.2 Å². The Morgan fingerprint density at radius 1 is 1.30 bits per heavy atom. The van der Waals surface area contributed by atoms with Crippen LogP contribution in [0.15, 0.2) is 12.1 Å². The van der Waals surface area contributed by atoms with E-state index in [1.165, 1.54) is 11.5 Å². The molecule has 0 unspecified atom stereocenters. The van der Waals surface area contributed by atoms with E-state index >= 15 is 0 Å². The number of rotatable bonds is 4. The van der Waals surface area contributed by atoms with Crippen LogP contribution in [-0.2, 0) is 6.54 Å². The molecule has 0 radical (unpaired) electrons. The third-order valence-corrected chi connectivity index (χ3v) is 3.46. The fraction of sp³-hybridized carbons (Fsp3) is 0.364. The van der Waals surface area contributed by atoms with Gasteiger partial charge in [-0.2, -0.15) is 8.89 Å². The fourth-order valence-electron chi connectivity index (χ4n) is 1.70. The van der Waals surface area contributed by atoms with Crippen LogP contribution in [0.5, 0.6) is 0 Å². The van der Waals surface area contributed by atoms with Crippen molar-refractivity contribution in [3.63, 3.8) is 0 Å². The van der Waals surface area contributed by atoms with Gasteiger partial charge in [0.05, 0.1) is 6.54 Å². The number of aryl methyl sites for hydroxylation is 1. The first kappa shape index (κ1) is 12.7. The number of hydrogen-bond donors (Lipinski definition) is 1. The molecule has 104 valence electrons. The summed E-state index contributed by atoms with van der Waals surface area (Å²) >= 11 is 1.33. The van der Waals surface area contributed by atoms with Gasteiger partial charge < -0.3 is 10.2 Å². The maximum absolute atomic E-state index is 4.50. The molecule has 0 atom stereocenters. The highest BCUT2D eigenvalue weighted by Gasteiger charge is 2.09. The summed E-state index contributed by atoms with van der Waals surface area (Å²) in [6, 6.07) is 3.81. The highest BCUT2D eigenvalue weighted by Crippen LogP contribution is 2.13. The molecule has 9 heteroatoms. The Hall–Kier alpha value is -2.29. The van der Waals surface area contributed by atoms with Crippen LogP contribution in [0.1, 0.15) is 11.6 Å². The molecule has 0 aliphatic rings. The van der Waals surface area contributed by atoms with Gasteiger partial charge in [-0.25, -0.2) is 4.98 Å². The summed E-state index contributed by atoms with van der Waals surface area (Å²) < 4.78 is 5.85. The van der Waals surface area contributed by atoms with E-state index in [1.807, 2.05) is 38.1 Å². The van der Waals surface area contributed by atoms with Crippen molar-refractivity contribution in [2.75, 3.05) is 24.3 Å². The van der Waals surface area contributed by atoms with Crippen molar-refractivity contribution in [1.82, 2.24) is 29.2 Å². The minimum Gasteiger partial charge on any atom is -0.361 e. The normalized spacial score (nSPS) is 10.9. The van der Waals surface area contributed by atoms with Crippen LogP contribution in [0.25, 0.3) is 5.65 Å². The first-order valence-electron chi connectivity index (χ1n) is 6.06. The van der Waals surface area contributed by atoms with Crippen molar-refractivity contribution in [3.05, 3.63) is 23.8 Å². The molecule has 0 spiro atoms. The van der Waals surface area contributed by atoms with Crippen molar-refractivity contribution in [2.45, 2.75) is 13.5 Å². The molecule has 3 aromatic heterocycles. The van der Waals surface area contributed by atoms with Crippen LogP contribution in [0.3, 0.4) is 0 Å². The topological polar surface area (TPSA) is 84.1 Å². The second kappa shape index (κ2) is 5.00. The lowest BCUT2D eigenvalue weighted by molar-refractivity contribution is 0.817. The molecule has 0 fully saturated rings. The minimum atomic E-state index is 0.500. The van der Waals surface area contributed by atoms with Crippen molar-refractivity contribution in [3.8, 4) is 0 Å². The summed E-state index contributed by atoms with van der Waals surface area (Å²) in [6.07, 6.45) is 0. The highest BCUT2D eigenvalue weighted by molar-refractivity contribution is 7.09. The number of nitrogens with one attached hydrogen (secondary N) is 1. The summed E-state index contributed by atoms with van der Waals surface area (Å²) in [7, 11) is 3.89. The van der Waals surface area contributed by atoms with Crippen LogP contribution in [0.4, 0.5) is 10.9 Å². The molecule has 1 N–H and O–H groups in total. The summed E-state index contributed by atoms with van der Waals surface area (Å²) in [6.45, 7) is 2.36. The molecule has 3 heterocycles. The molecule has 0 aromatic carbocycles. The Balaban J connectivity index is 1.85. The van der Waals surface area contributed by atoms with E-state index in [0.29, 0.717) is 6.54 Å². The number of fused-ring (bicyclic) bond motifs is 1. The lowest BCUT2D eigenvalue weighted by Crippen LogP contribution is -2.13. The molecule has 0 saturated carbocycles. The van der Waals surface area contributed by atoms with Crippen LogP contribution in [0.2, 0.25) is 0 Å². The van der Waals surface area contributed by atoms with Gasteiger partial charge in [0.2, 0.25) is 5.13 Å². The van der Waals surface area contributed by atoms with Gasteiger partial charge in [-0.15, -0.1) is 15.3 Å². The van der Waals surface area contributed by atoms with Gasteiger partial charge in [0, 0.05) is 25.6 Å². The lowest BCUT2D eigenvalue weighted by Gasteiger charge is -2.10. The van der Waals surface area contributed by atoms with E-state index < -0.39 is 0 Å². The van der Waals surface area contributed by atoms with Gasteiger partial charge in [-0.3, -0.25) is 0 Å². The van der Waals surface area contributed by atoms with Gasteiger partial charge in [0.25, 0.3) is 0 Å². The van der Waals surface area contributed by atoms with Gasteiger partial charge in [0.15, 0.2) is 11.5 Å². The quantitative estimate of drug-likeness (QED) is 0.766. The number of nitrogens with zero attached hydrogens (tertiary/aromatic N) is 7. The third-order valence-electron chi connectivity index (χ3n) is 2.70. The Kier molecular flexibility index (Phi) is 3.18. The summed E-state index contributed by atoms with van der Waals surface area (Å²) in [5, 5.41) is 16.7. The monoisotopic (exact) mass is 290 g/mol. The molecular formula is C11H14N8S. The average Bonchev–Trinajstić information content (AvgIpc) is 3.02. The zero-order chi connectivity index (χ0) is 14.1. The summed E-state index contributed by atoms with van der Waals surface area (Å²) in [4.78, 5) is 6.18. The molecule has 3 rings (SSSR count). The summed E-state index contributed by atoms with van der Waals surface area (Å²) in [5.41, 5.74) is 0.723. The number of hydrogen-bond acceptors (Lipinski definition) is 8. The van der Waals surface area contributed by atoms with E-state index in [9.17, 15) is 0 Å². The molecule has 0 aliphatic carbocycles. The van der Waals surface area contributed by atoms with Crippen molar-refractivity contribution >= 4 is 28.1 Å². The van der Waals surface area contributed by atoms with Gasteiger partial charge in [-0.05, 0) is 19.1 Å². The van der Waals surface area contributed by atoms with E-state index in [4.69, 9.17) is 0 Å². The minimum absolute atomic E-state index is 0.500. The van der Waals surface area contributed by atoms with E-state index in [2.05, 4.69) is 30.0 Å². The van der Waals surface area contributed by atoms with Crippen LogP contribution < -0.4 is 10.2 Å². The lowest BCUT2D eigenvalue weighted by atomic mass is 10.5. The Morgan fingerprint density at radius 3 is 2.85 bits per heavy atom. The SMILES string of the molecule is Cc1nsc(NCc2nnc3ccc(N(C)C)nn23)n1. The van der Waals surface area contributed by atoms with Crippen molar-refractivity contribution < 1.29 is 0 Å². The molecule has 0 bridgehead atoms. The Labute approximate surface area is 119 Å². The van der Waals surface area contributed by atoms with Gasteiger partial charge in [0.1, 0.15) is 11.6 Å². The molecular weight excluding hydrogens is 276 g/mol. The maximum Gasteiger partial charge on any atom is 0.202 e. The fourth-order valence-corrected chi connectivity index (χ4v) is 2.26. The zero-order valence-corrected chi connectivity index (χ0v) is 12.2. The molecule has 0 saturated heterocycles.